The van der Waals surface area contributed by atoms with Crippen molar-refractivity contribution in [1.29, 1.82) is 0 Å². The first-order valence-corrected chi connectivity index (χ1v) is 7.40. The predicted octanol–water partition coefficient (Wildman–Crippen LogP) is 2.08. The molecule has 3 N–H and O–H groups in total. The number of nitrogens with one attached hydrogen (secondary N) is 1. The second-order valence-corrected chi connectivity index (χ2v) is 5.34. The van der Waals surface area contributed by atoms with Gasteiger partial charge >= 0.3 is 6.03 Å². The predicted molar refractivity (Wildman–Crippen MR) is 85.7 cm³/mol. The first-order valence-electron chi connectivity index (χ1n) is 7.40. The Kier molecular flexibility index (Phi) is 4.33. The fourth-order valence-corrected chi connectivity index (χ4v) is 2.47. The van der Waals surface area contributed by atoms with Gasteiger partial charge in [0.15, 0.2) is 0 Å². The Morgan fingerprint density at radius 3 is 2.62 bits per heavy atom. The summed E-state index contributed by atoms with van der Waals surface area (Å²) in [6.45, 7) is 0.260. The Bertz CT molecular complexity index is 764. The van der Waals surface area contributed by atoms with Crippen molar-refractivity contribution in [2.75, 3.05) is 18.9 Å². The summed E-state index contributed by atoms with van der Waals surface area (Å²) in [7, 11) is 0. The molecule has 1 aliphatic heterocycles. The van der Waals surface area contributed by atoms with Crippen molar-refractivity contribution in [3.63, 3.8) is 0 Å². The number of carbonyl (C=O) groups excluding carboxylic acids is 2. The van der Waals surface area contributed by atoms with Crippen LogP contribution in [0.15, 0.2) is 48.5 Å². The summed E-state index contributed by atoms with van der Waals surface area (Å²) in [5.41, 5.74) is 6.76. The molecule has 1 fully saturated rings. The molecular formula is C17H16FN3O3. The third kappa shape index (κ3) is 3.29. The van der Waals surface area contributed by atoms with E-state index in [0.29, 0.717) is 17.0 Å². The molecule has 0 aliphatic carbocycles. The molecule has 0 spiro atoms. The third-order valence-corrected chi connectivity index (χ3v) is 3.67. The van der Waals surface area contributed by atoms with Crippen molar-refractivity contribution >= 4 is 17.6 Å². The maximum atomic E-state index is 13.0. The molecule has 0 radical (unpaired) electrons. The van der Waals surface area contributed by atoms with Crippen LogP contribution in [0.5, 0.6) is 5.75 Å². The van der Waals surface area contributed by atoms with E-state index in [9.17, 15) is 14.0 Å². The van der Waals surface area contributed by atoms with Crippen LogP contribution in [0, 0.1) is 5.82 Å². The lowest BCUT2D eigenvalue weighted by Gasteiger charge is -2.14. The Hall–Kier alpha value is -3.09. The highest BCUT2D eigenvalue weighted by atomic mass is 19.1. The highest BCUT2D eigenvalue weighted by Crippen LogP contribution is 2.22. The highest BCUT2D eigenvalue weighted by molar-refractivity contribution is 6.04. The van der Waals surface area contributed by atoms with E-state index < -0.39 is 17.9 Å². The van der Waals surface area contributed by atoms with Gasteiger partial charge in [0.25, 0.3) is 5.91 Å². The lowest BCUT2D eigenvalue weighted by atomic mass is 10.1. The van der Waals surface area contributed by atoms with Gasteiger partial charge in [-0.25, -0.2) is 9.18 Å². The number of amides is 3. The number of anilines is 1. The quantitative estimate of drug-likeness (QED) is 0.650. The van der Waals surface area contributed by atoms with Crippen LogP contribution in [0.4, 0.5) is 14.9 Å². The van der Waals surface area contributed by atoms with Gasteiger partial charge in [0.05, 0.1) is 6.54 Å². The van der Waals surface area contributed by atoms with E-state index in [-0.39, 0.29) is 19.1 Å². The lowest BCUT2D eigenvalue weighted by Crippen LogP contribution is -2.34. The molecule has 2 aromatic carbocycles. The summed E-state index contributed by atoms with van der Waals surface area (Å²) < 4.78 is 18.5. The molecule has 0 bridgehead atoms. The Balaban J connectivity index is 1.61. The van der Waals surface area contributed by atoms with E-state index in [1.54, 1.807) is 24.3 Å². The van der Waals surface area contributed by atoms with Gasteiger partial charge in [0.2, 0.25) is 0 Å². The average molecular weight is 329 g/mol. The van der Waals surface area contributed by atoms with Crippen molar-refractivity contribution in [3.8, 4) is 5.75 Å². The second kappa shape index (κ2) is 6.57. The Morgan fingerprint density at radius 1 is 1.17 bits per heavy atom. The van der Waals surface area contributed by atoms with Crippen LogP contribution in [-0.2, 0) is 4.79 Å². The molecule has 124 valence electrons. The molecule has 1 saturated heterocycles. The summed E-state index contributed by atoms with van der Waals surface area (Å²) in [6.07, 6.45) is 0. The monoisotopic (exact) mass is 329 g/mol. The first kappa shape index (κ1) is 15.8. The number of benzene rings is 2. The number of carbonyl (C=O) groups is 2. The van der Waals surface area contributed by atoms with Gasteiger partial charge < -0.3 is 15.8 Å². The number of hydrogen-bond acceptors (Lipinski definition) is 4. The normalized spacial score (nSPS) is 17.0. The summed E-state index contributed by atoms with van der Waals surface area (Å²) in [4.78, 5) is 25.4. The molecule has 1 heterocycles. The summed E-state index contributed by atoms with van der Waals surface area (Å²) in [6, 6.07) is 11.0. The van der Waals surface area contributed by atoms with E-state index in [2.05, 4.69) is 5.32 Å². The number of imide groups is 1. The minimum Gasteiger partial charge on any atom is -0.492 e. The zero-order valence-corrected chi connectivity index (χ0v) is 12.7. The molecule has 24 heavy (non-hydrogen) atoms. The largest absolute Gasteiger partial charge is 0.492 e. The fourth-order valence-electron chi connectivity index (χ4n) is 2.47. The molecular weight excluding hydrogens is 313 g/mol. The van der Waals surface area contributed by atoms with Gasteiger partial charge in [-0.3, -0.25) is 9.69 Å². The van der Waals surface area contributed by atoms with Gasteiger partial charge in [-0.15, -0.1) is 0 Å². The molecule has 1 atom stereocenters. The van der Waals surface area contributed by atoms with Crippen LogP contribution in [0.3, 0.4) is 0 Å². The molecule has 2 aromatic rings. The molecule has 1 aliphatic rings. The number of hydrogen-bond donors (Lipinski definition) is 2. The molecule has 3 amide bonds. The third-order valence-electron chi connectivity index (χ3n) is 3.67. The number of rotatable bonds is 5. The Labute approximate surface area is 138 Å². The minimum absolute atomic E-state index is 0.108. The number of nitrogens with zero attached hydrogens (tertiary/aromatic N) is 1. The molecule has 0 aromatic heterocycles. The molecule has 0 saturated carbocycles. The van der Waals surface area contributed by atoms with E-state index >= 15 is 0 Å². The number of urea groups is 1. The zero-order valence-electron chi connectivity index (χ0n) is 12.7. The molecule has 6 nitrogen and oxygen atoms in total. The van der Waals surface area contributed by atoms with Gasteiger partial charge in [-0.05, 0) is 29.8 Å². The second-order valence-electron chi connectivity index (χ2n) is 5.34. The van der Waals surface area contributed by atoms with Gasteiger partial charge in [-0.1, -0.05) is 18.2 Å². The average Bonchev–Trinajstić information content (AvgIpc) is 2.84. The van der Waals surface area contributed by atoms with Crippen molar-refractivity contribution in [2.45, 2.75) is 6.04 Å². The van der Waals surface area contributed by atoms with E-state index in [1.165, 1.54) is 24.3 Å². The van der Waals surface area contributed by atoms with Gasteiger partial charge in [-0.2, -0.15) is 0 Å². The van der Waals surface area contributed by atoms with Crippen molar-refractivity contribution in [3.05, 3.63) is 59.9 Å². The van der Waals surface area contributed by atoms with Crippen molar-refractivity contribution in [2.24, 2.45) is 0 Å². The summed E-state index contributed by atoms with van der Waals surface area (Å²) >= 11 is 0. The van der Waals surface area contributed by atoms with E-state index in [4.69, 9.17) is 10.5 Å². The number of nitrogens with two attached hydrogens (primary N) is 1. The SMILES string of the molecule is Nc1cccc(OCCN2C(=O)NC(c3ccc(F)cc3)C2=O)c1. The maximum absolute atomic E-state index is 13.0. The lowest BCUT2D eigenvalue weighted by molar-refractivity contribution is -0.127. The molecule has 3 rings (SSSR count). The number of nitrogen functional groups attached to an aromatic ring is 1. The minimum atomic E-state index is -0.800. The van der Waals surface area contributed by atoms with Crippen LogP contribution in [0.1, 0.15) is 11.6 Å². The van der Waals surface area contributed by atoms with E-state index in [0.717, 1.165) is 4.90 Å². The van der Waals surface area contributed by atoms with Gasteiger partial charge in [0.1, 0.15) is 24.2 Å². The van der Waals surface area contributed by atoms with E-state index in [1.807, 2.05) is 0 Å². The fraction of sp³-hybridized carbons (Fsp3) is 0.176. The zero-order chi connectivity index (χ0) is 17.1. The molecule has 1 unspecified atom stereocenters. The van der Waals surface area contributed by atoms with Crippen molar-refractivity contribution in [1.82, 2.24) is 10.2 Å². The first-order chi connectivity index (χ1) is 11.5. The summed E-state index contributed by atoms with van der Waals surface area (Å²) in [5.74, 6) is -0.220. The van der Waals surface area contributed by atoms with Gasteiger partial charge in [0, 0.05) is 11.8 Å². The van der Waals surface area contributed by atoms with Crippen molar-refractivity contribution < 1.29 is 18.7 Å². The molecule has 7 heteroatoms. The Morgan fingerprint density at radius 2 is 1.92 bits per heavy atom. The maximum Gasteiger partial charge on any atom is 0.325 e. The van der Waals surface area contributed by atoms with Crippen LogP contribution in [0.25, 0.3) is 0 Å². The number of ether oxygens (including phenoxy) is 1. The summed E-state index contributed by atoms with van der Waals surface area (Å²) in [5, 5.41) is 2.59. The smallest absolute Gasteiger partial charge is 0.325 e. The highest BCUT2D eigenvalue weighted by Gasteiger charge is 2.38. The van der Waals surface area contributed by atoms with Crippen LogP contribution >= 0.6 is 0 Å². The van der Waals surface area contributed by atoms with Crippen LogP contribution in [-0.4, -0.2) is 30.0 Å². The van der Waals surface area contributed by atoms with Crippen LogP contribution < -0.4 is 15.8 Å². The van der Waals surface area contributed by atoms with Crippen LogP contribution in [0.2, 0.25) is 0 Å². The number of halogens is 1. The standard InChI is InChI=1S/C17H16FN3O3/c18-12-6-4-11(5-7-12)15-16(22)21(17(23)20-15)8-9-24-14-3-1-2-13(19)10-14/h1-7,10,15H,8-9,19H2,(H,20,23). The topological polar surface area (TPSA) is 84.7 Å².